The molecular weight excluding hydrogens is 274 g/mol. The van der Waals surface area contributed by atoms with Crippen LogP contribution in [0.2, 0.25) is 0 Å². The van der Waals surface area contributed by atoms with Gasteiger partial charge in [-0.2, -0.15) is 0 Å². The molecule has 112 valence electrons. The molecule has 0 unspecified atom stereocenters. The number of carbonyl (C=O) groups is 1. The van der Waals surface area contributed by atoms with Crippen LogP contribution >= 0.6 is 11.3 Å². The molecule has 0 fully saturated rings. The van der Waals surface area contributed by atoms with Gasteiger partial charge < -0.3 is 20.7 Å². The molecule has 0 radical (unpaired) electrons. The highest BCUT2D eigenvalue weighted by molar-refractivity contribution is 7.19. The predicted octanol–water partition coefficient (Wildman–Crippen LogP) is 2.35. The van der Waals surface area contributed by atoms with Crippen molar-refractivity contribution in [3.63, 3.8) is 0 Å². The molecule has 0 bridgehead atoms. The molecule has 0 spiro atoms. The van der Waals surface area contributed by atoms with Crippen molar-refractivity contribution >= 4 is 27.9 Å². The van der Waals surface area contributed by atoms with Crippen LogP contribution in [-0.4, -0.2) is 33.2 Å². The maximum absolute atomic E-state index is 12.0. The lowest BCUT2D eigenvalue weighted by Crippen LogP contribution is -2.23. The normalized spacial score (nSPS) is 10.4. The van der Waals surface area contributed by atoms with Crippen LogP contribution < -0.4 is 20.7 Å². The molecule has 0 aromatic carbocycles. The molecule has 1 aromatic rings. The highest BCUT2D eigenvalue weighted by Crippen LogP contribution is 2.44. The quantitative estimate of drug-likeness (QED) is 0.758. The molecule has 1 amide bonds. The number of nitrogen functional groups attached to an aromatic ring is 1. The van der Waals surface area contributed by atoms with E-state index < -0.39 is 0 Å². The van der Waals surface area contributed by atoms with E-state index in [-0.39, 0.29) is 5.91 Å². The molecule has 5 nitrogen and oxygen atoms in total. The van der Waals surface area contributed by atoms with Gasteiger partial charge in [-0.05, 0) is 5.92 Å². The number of nitrogens with two attached hydrogens (primary N) is 1. The molecule has 1 rings (SSSR count). The summed E-state index contributed by atoms with van der Waals surface area (Å²) in [7, 11) is 3.54. The Labute approximate surface area is 124 Å². The molecule has 3 N–H and O–H groups in total. The Balaban J connectivity index is 3.07. The highest BCUT2D eigenvalue weighted by Gasteiger charge is 2.23. The third-order valence-electron chi connectivity index (χ3n) is 2.69. The van der Waals surface area contributed by atoms with E-state index in [4.69, 9.17) is 10.5 Å². The highest BCUT2D eigenvalue weighted by atomic mass is 32.1. The number of nitrogens with zero attached hydrogens (tertiary/aromatic N) is 1. The lowest BCUT2D eigenvalue weighted by molar-refractivity contribution is 0.0962. The van der Waals surface area contributed by atoms with E-state index in [1.807, 2.05) is 7.05 Å². The summed E-state index contributed by atoms with van der Waals surface area (Å²) in [6.45, 7) is 9.12. The minimum atomic E-state index is -0.199. The molecule has 20 heavy (non-hydrogen) atoms. The monoisotopic (exact) mass is 297 g/mol. The summed E-state index contributed by atoms with van der Waals surface area (Å²) in [4.78, 5) is 14.6. The number of anilines is 2. The molecule has 6 heteroatoms. The largest absolute Gasteiger partial charge is 0.492 e. The molecule has 1 aromatic heterocycles. The first-order valence-corrected chi connectivity index (χ1v) is 7.30. The van der Waals surface area contributed by atoms with Crippen molar-refractivity contribution in [2.45, 2.75) is 13.8 Å². The second-order valence-electron chi connectivity index (χ2n) is 4.96. The maximum Gasteiger partial charge on any atom is 0.263 e. The number of amides is 1. The van der Waals surface area contributed by atoms with E-state index in [0.717, 1.165) is 11.5 Å². The Morgan fingerprint density at radius 1 is 1.60 bits per heavy atom. The first-order chi connectivity index (χ1) is 9.42. The zero-order valence-electron chi connectivity index (χ0n) is 12.5. The van der Waals surface area contributed by atoms with Crippen LogP contribution in [0.5, 0.6) is 5.75 Å². The molecule has 0 atom stereocenters. The van der Waals surface area contributed by atoms with Gasteiger partial charge in [0.2, 0.25) is 0 Å². The third-order valence-corrected chi connectivity index (χ3v) is 3.99. The van der Waals surface area contributed by atoms with Gasteiger partial charge in [0.25, 0.3) is 5.91 Å². The zero-order valence-corrected chi connectivity index (χ0v) is 13.3. The number of ether oxygens (including phenoxy) is 1. The fraction of sp³-hybridized carbons (Fsp3) is 0.500. The number of thiophene rings is 1. The van der Waals surface area contributed by atoms with E-state index in [2.05, 4.69) is 30.6 Å². The molecule has 1 heterocycles. The van der Waals surface area contributed by atoms with Crippen molar-refractivity contribution in [2.24, 2.45) is 5.92 Å². The maximum atomic E-state index is 12.0. The van der Waals surface area contributed by atoms with Crippen molar-refractivity contribution in [3.8, 4) is 5.75 Å². The summed E-state index contributed by atoms with van der Waals surface area (Å²) in [5, 5.41) is 3.61. The predicted molar refractivity (Wildman–Crippen MR) is 85.9 cm³/mol. The minimum Gasteiger partial charge on any atom is -0.492 e. The fourth-order valence-electron chi connectivity index (χ4n) is 1.91. The lowest BCUT2D eigenvalue weighted by Gasteiger charge is -2.20. The lowest BCUT2D eigenvalue weighted by atomic mass is 10.2. The Bertz CT molecular complexity index is 483. The van der Waals surface area contributed by atoms with Gasteiger partial charge in [-0.1, -0.05) is 19.9 Å². The standard InChI is InChI=1S/C14H23N3O2S/c1-6-7-16-13(18)12-10(15)11(19-5)14(20-12)17(4)8-9(2)3/h6,9H,1,7-8,15H2,2-5H3,(H,16,18). The topological polar surface area (TPSA) is 67.6 Å². The zero-order chi connectivity index (χ0) is 15.3. The number of rotatable bonds is 7. The number of carbonyl (C=O) groups excluding carboxylic acids is 1. The third kappa shape index (κ3) is 3.66. The summed E-state index contributed by atoms with van der Waals surface area (Å²) in [5.74, 6) is 0.878. The second kappa shape index (κ2) is 7.19. The van der Waals surface area contributed by atoms with Gasteiger partial charge in [-0.25, -0.2) is 0 Å². The SMILES string of the molecule is C=CCNC(=O)c1sc(N(C)CC(C)C)c(OC)c1N. The molecule has 0 aliphatic carbocycles. The van der Waals surface area contributed by atoms with Gasteiger partial charge in [-0.15, -0.1) is 17.9 Å². The smallest absolute Gasteiger partial charge is 0.263 e. The van der Waals surface area contributed by atoms with Crippen molar-refractivity contribution in [3.05, 3.63) is 17.5 Å². The number of hydrogen-bond donors (Lipinski definition) is 2. The Kier molecular flexibility index (Phi) is 5.88. The molecule has 0 saturated heterocycles. The molecule has 0 aliphatic heterocycles. The Morgan fingerprint density at radius 3 is 2.75 bits per heavy atom. The average molecular weight is 297 g/mol. The number of methoxy groups -OCH3 is 1. The van der Waals surface area contributed by atoms with Gasteiger partial charge in [0.1, 0.15) is 15.6 Å². The van der Waals surface area contributed by atoms with Gasteiger partial charge in [0.15, 0.2) is 5.75 Å². The summed E-state index contributed by atoms with van der Waals surface area (Å²) >= 11 is 1.35. The van der Waals surface area contributed by atoms with Crippen LogP contribution in [-0.2, 0) is 0 Å². The van der Waals surface area contributed by atoms with Crippen molar-refractivity contribution in [1.29, 1.82) is 0 Å². The Hall–Kier alpha value is -1.69. The minimum absolute atomic E-state index is 0.199. The fourth-order valence-corrected chi connectivity index (χ4v) is 2.99. The van der Waals surface area contributed by atoms with Crippen molar-refractivity contribution in [2.75, 3.05) is 37.9 Å². The van der Waals surface area contributed by atoms with Crippen molar-refractivity contribution in [1.82, 2.24) is 5.32 Å². The summed E-state index contributed by atoms with van der Waals surface area (Å²) in [6, 6.07) is 0. The molecular formula is C14H23N3O2S. The van der Waals surface area contributed by atoms with Gasteiger partial charge in [0, 0.05) is 20.1 Å². The first kappa shape index (κ1) is 16.4. The van der Waals surface area contributed by atoms with E-state index in [1.54, 1.807) is 13.2 Å². The van der Waals surface area contributed by atoms with E-state index >= 15 is 0 Å². The summed E-state index contributed by atoms with van der Waals surface area (Å²) in [6.07, 6.45) is 1.63. The van der Waals surface area contributed by atoms with Crippen LogP contribution in [0, 0.1) is 5.92 Å². The Morgan fingerprint density at radius 2 is 2.25 bits per heavy atom. The first-order valence-electron chi connectivity index (χ1n) is 6.48. The van der Waals surface area contributed by atoms with Gasteiger partial charge in [0.05, 0.1) is 7.11 Å². The second-order valence-corrected chi connectivity index (χ2v) is 5.96. The number of hydrogen-bond acceptors (Lipinski definition) is 5. The van der Waals surface area contributed by atoms with Crippen LogP contribution in [0.1, 0.15) is 23.5 Å². The number of nitrogens with one attached hydrogen (secondary N) is 1. The van der Waals surface area contributed by atoms with Crippen LogP contribution in [0.4, 0.5) is 10.7 Å². The van der Waals surface area contributed by atoms with E-state index in [9.17, 15) is 4.79 Å². The van der Waals surface area contributed by atoms with E-state index in [0.29, 0.717) is 28.8 Å². The van der Waals surface area contributed by atoms with Gasteiger partial charge >= 0.3 is 0 Å². The van der Waals surface area contributed by atoms with Crippen molar-refractivity contribution < 1.29 is 9.53 Å². The van der Waals surface area contributed by atoms with Crippen LogP contribution in [0.25, 0.3) is 0 Å². The van der Waals surface area contributed by atoms with Gasteiger partial charge in [-0.3, -0.25) is 4.79 Å². The summed E-state index contributed by atoms with van der Waals surface area (Å²) < 4.78 is 5.36. The van der Waals surface area contributed by atoms with E-state index in [1.165, 1.54) is 11.3 Å². The summed E-state index contributed by atoms with van der Waals surface area (Å²) in [5.41, 5.74) is 6.42. The average Bonchev–Trinajstić information content (AvgIpc) is 2.72. The molecule has 0 aliphatic rings. The van der Waals surface area contributed by atoms with Crippen LogP contribution in [0.15, 0.2) is 12.7 Å². The molecule has 0 saturated carbocycles. The van der Waals surface area contributed by atoms with Crippen LogP contribution in [0.3, 0.4) is 0 Å².